The van der Waals surface area contributed by atoms with Gasteiger partial charge >= 0.3 is 6.18 Å². The molecule has 1 saturated heterocycles. The van der Waals surface area contributed by atoms with Crippen LogP contribution in [0.4, 0.5) is 17.6 Å². The van der Waals surface area contributed by atoms with E-state index in [0.717, 1.165) is 12.1 Å². The highest BCUT2D eigenvalue weighted by molar-refractivity contribution is 5.94. The predicted molar refractivity (Wildman–Crippen MR) is 89.8 cm³/mol. The summed E-state index contributed by atoms with van der Waals surface area (Å²) >= 11 is 0. The van der Waals surface area contributed by atoms with Crippen LogP contribution in [-0.2, 0) is 6.18 Å². The van der Waals surface area contributed by atoms with Crippen LogP contribution < -0.4 is 0 Å². The number of amides is 1. The second kappa shape index (κ2) is 6.74. The van der Waals surface area contributed by atoms with Crippen LogP contribution in [0.25, 0.3) is 11.4 Å². The zero-order valence-corrected chi connectivity index (χ0v) is 14.3. The summed E-state index contributed by atoms with van der Waals surface area (Å²) in [5.74, 6) is -0.545. The standard InChI is InChI=1S/C19H13F4N3O2/c20-15-6-4-11(5-7-15)18(27)26-9-13(10-26)17-24-16(25-28-17)12-2-1-3-14(8-12)19(21,22)23/h1-8,13H,9-10H2. The Balaban J connectivity index is 1.44. The maximum absolute atomic E-state index is 12.9. The summed E-state index contributed by atoms with van der Waals surface area (Å²) < 4.78 is 56.6. The first-order valence-corrected chi connectivity index (χ1v) is 8.37. The third-order valence-electron chi connectivity index (χ3n) is 4.50. The number of likely N-dealkylation sites (tertiary alicyclic amines) is 1. The van der Waals surface area contributed by atoms with E-state index >= 15 is 0 Å². The number of alkyl halides is 3. The summed E-state index contributed by atoms with van der Waals surface area (Å²) in [7, 11) is 0. The highest BCUT2D eigenvalue weighted by atomic mass is 19.4. The molecule has 3 aromatic rings. The van der Waals surface area contributed by atoms with Crippen molar-refractivity contribution in [1.29, 1.82) is 0 Å². The first kappa shape index (κ1) is 18.1. The number of carbonyl (C=O) groups is 1. The molecular formula is C19H13F4N3O2. The second-order valence-electron chi connectivity index (χ2n) is 6.45. The zero-order chi connectivity index (χ0) is 19.9. The number of rotatable bonds is 3. The van der Waals surface area contributed by atoms with Gasteiger partial charge in [-0.05, 0) is 36.4 Å². The van der Waals surface area contributed by atoms with Gasteiger partial charge < -0.3 is 9.42 Å². The number of hydrogen-bond donors (Lipinski definition) is 0. The summed E-state index contributed by atoms with van der Waals surface area (Å²) in [6.45, 7) is 0.668. The minimum absolute atomic E-state index is 0.0596. The normalized spacial score (nSPS) is 14.8. The fourth-order valence-electron chi connectivity index (χ4n) is 2.93. The van der Waals surface area contributed by atoms with E-state index in [1.165, 1.54) is 36.4 Å². The van der Waals surface area contributed by atoms with Gasteiger partial charge in [-0.25, -0.2) is 4.39 Å². The number of carbonyl (C=O) groups excluding carboxylic acids is 1. The second-order valence-corrected chi connectivity index (χ2v) is 6.45. The average molecular weight is 391 g/mol. The van der Waals surface area contributed by atoms with Gasteiger partial charge in [0.15, 0.2) is 0 Å². The van der Waals surface area contributed by atoms with Crippen molar-refractivity contribution in [2.75, 3.05) is 13.1 Å². The van der Waals surface area contributed by atoms with Crippen molar-refractivity contribution in [3.63, 3.8) is 0 Å². The number of halogens is 4. The fourth-order valence-corrected chi connectivity index (χ4v) is 2.93. The van der Waals surface area contributed by atoms with Gasteiger partial charge in [0.25, 0.3) is 5.91 Å². The Morgan fingerprint density at radius 1 is 1.11 bits per heavy atom. The van der Waals surface area contributed by atoms with Gasteiger partial charge in [-0.2, -0.15) is 18.2 Å². The third-order valence-corrected chi connectivity index (χ3v) is 4.50. The molecule has 1 aliphatic rings. The molecule has 1 fully saturated rings. The lowest BCUT2D eigenvalue weighted by Gasteiger charge is -2.37. The van der Waals surface area contributed by atoms with Crippen LogP contribution in [0.5, 0.6) is 0 Å². The molecule has 0 atom stereocenters. The summed E-state index contributed by atoms with van der Waals surface area (Å²) in [6.07, 6.45) is -4.46. The van der Waals surface area contributed by atoms with Crippen molar-refractivity contribution in [3.05, 3.63) is 71.4 Å². The van der Waals surface area contributed by atoms with Crippen LogP contribution in [0.2, 0.25) is 0 Å². The SMILES string of the molecule is O=C(c1ccc(F)cc1)N1CC(c2nc(-c3cccc(C(F)(F)F)c3)no2)C1. The molecule has 0 radical (unpaired) electrons. The van der Waals surface area contributed by atoms with Crippen molar-refractivity contribution in [2.24, 2.45) is 0 Å². The molecule has 0 spiro atoms. The smallest absolute Gasteiger partial charge is 0.339 e. The van der Waals surface area contributed by atoms with Crippen molar-refractivity contribution in [3.8, 4) is 11.4 Å². The molecule has 1 aliphatic heterocycles. The Bertz CT molecular complexity index is 1010. The number of hydrogen-bond acceptors (Lipinski definition) is 4. The van der Waals surface area contributed by atoms with E-state index < -0.39 is 17.6 Å². The molecule has 0 aliphatic carbocycles. The predicted octanol–water partition coefficient (Wildman–Crippen LogP) is 4.13. The van der Waals surface area contributed by atoms with Crippen LogP contribution in [0.15, 0.2) is 53.1 Å². The first-order valence-electron chi connectivity index (χ1n) is 8.37. The van der Waals surface area contributed by atoms with Crippen LogP contribution in [0.1, 0.15) is 27.7 Å². The lowest BCUT2D eigenvalue weighted by molar-refractivity contribution is -0.137. The molecule has 0 bridgehead atoms. The van der Waals surface area contributed by atoms with Crippen LogP contribution >= 0.6 is 0 Å². The molecule has 0 unspecified atom stereocenters. The number of nitrogens with zero attached hydrogens (tertiary/aromatic N) is 3. The Morgan fingerprint density at radius 2 is 1.82 bits per heavy atom. The molecule has 144 valence electrons. The van der Waals surface area contributed by atoms with Crippen molar-refractivity contribution < 1.29 is 26.9 Å². The zero-order valence-electron chi connectivity index (χ0n) is 14.3. The maximum atomic E-state index is 12.9. The maximum Gasteiger partial charge on any atom is 0.416 e. The quantitative estimate of drug-likeness (QED) is 0.630. The minimum atomic E-state index is -4.46. The first-order chi connectivity index (χ1) is 13.3. The van der Waals surface area contributed by atoms with Crippen LogP contribution in [0.3, 0.4) is 0 Å². The Hall–Kier alpha value is -3.23. The monoisotopic (exact) mass is 391 g/mol. The van der Waals surface area contributed by atoms with E-state index in [1.54, 1.807) is 4.90 Å². The summed E-state index contributed by atoms with van der Waals surface area (Å²) in [5, 5.41) is 3.75. The van der Waals surface area contributed by atoms with Crippen molar-refractivity contribution in [2.45, 2.75) is 12.1 Å². The largest absolute Gasteiger partial charge is 0.416 e. The highest BCUT2D eigenvalue weighted by Crippen LogP contribution is 2.33. The van der Waals surface area contributed by atoms with E-state index in [4.69, 9.17) is 4.52 Å². The topological polar surface area (TPSA) is 59.2 Å². The average Bonchev–Trinajstić information content (AvgIpc) is 3.10. The van der Waals surface area contributed by atoms with Crippen molar-refractivity contribution >= 4 is 5.91 Å². The molecule has 1 amide bonds. The van der Waals surface area contributed by atoms with Gasteiger partial charge in [-0.1, -0.05) is 17.3 Å². The van der Waals surface area contributed by atoms with Gasteiger partial charge in [0.05, 0.1) is 11.5 Å². The van der Waals surface area contributed by atoms with E-state index in [-0.39, 0.29) is 29.1 Å². The molecule has 5 nitrogen and oxygen atoms in total. The van der Waals surface area contributed by atoms with Gasteiger partial charge in [-0.15, -0.1) is 0 Å². The van der Waals surface area contributed by atoms with E-state index in [0.29, 0.717) is 18.7 Å². The third kappa shape index (κ3) is 3.47. The molecule has 0 saturated carbocycles. The molecule has 2 aromatic carbocycles. The highest BCUT2D eigenvalue weighted by Gasteiger charge is 2.36. The fraction of sp³-hybridized carbons (Fsp3) is 0.211. The van der Waals surface area contributed by atoms with Gasteiger partial charge in [0.2, 0.25) is 11.7 Å². The van der Waals surface area contributed by atoms with Crippen LogP contribution in [0, 0.1) is 5.82 Å². The molecule has 4 rings (SSSR count). The lowest BCUT2D eigenvalue weighted by atomic mass is 9.98. The minimum Gasteiger partial charge on any atom is -0.339 e. The van der Waals surface area contributed by atoms with E-state index in [2.05, 4.69) is 10.1 Å². The Morgan fingerprint density at radius 3 is 2.50 bits per heavy atom. The Labute approximate surface area is 156 Å². The van der Waals surface area contributed by atoms with E-state index in [9.17, 15) is 22.4 Å². The molecule has 2 heterocycles. The Kier molecular flexibility index (Phi) is 4.37. The van der Waals surface area contributed by atoms with Crippen molar-refractivity contribution in [1.82, 2.24) is 15.0 Å². The molecule has 1 aromatic heterocycles. The lowest BCUT2D eigenvalue weighted by Crippen LogP contribution is -2.48. The number of benzene rings is 2. The van der Waals surface area contributed by atoms with Crippen LogP contribution in [-0.4, -0.2) is 34.0 Å². The van der Waals surface area contributed by atoms with Gasteiger partial charge in [0.1, 0.15) is 5.82 Å². The van der Waals surface area contributed by atoms with E-state index in [1.807, 2.05) is 0 Å². The molecule has 0 N–H and O–H groups in total. The summed E-state index contributed by atoms with van der Waals surface area (Å²) in [6, 6.07) is 9.91. The molecule has 9 heteroatoms. The molecule has 28 heavy (non-hydrogen) atoms. The summed E-state index contributed by atoms with van der Waals surface area (Å²) in [5.41, 5.74) is -0.227. The molecular weight excluding hydrogens is 378 g/mol. The van der Waals surface area contributed by atoms with Gasteiger partial charge in [0, 0.05) is 24.2 Å². The summed E-state index contributed by atoms with van der Waals surface area (Å²) in [4.78, 5) is 18.0. The number of aromatic nitrogens is 2. The van der Waals surface area contributed by atoms with Gasteiger partial charge in [-0.3, -0.25) is 4.79 Å².